The fraction of sp³-hybridized carbons (Fsp3) is 0.231. The van der Waals surface area contributed by atoms with E-state index in [4.69, 9.17) is 0 Å². The molecule has 180 valence electrons. The molecule has 1 aliphatic heterocycles. The third kappa shape index (κ3) is 4.93. The summed E-state index contributed by atoms with van der Waals surface area (Å²) in [5.41, 5.74) is 3.55. The monoisotopic (exact) mass is 473 g/mol. The maximum Gasteiger partial charge on any atom is 0.322 e. The molecule has 0 radical (unpaired) electrons. The molecule has 9 nitrogen and oxygen atoms in total. The minimum Gasteiger partial charge on any atom is -0.352 e. The SMILES string of the molecule is Cc1cccc(C)c1NC(=O)[C@H](c1cccn1C)N(C(=O)C[C@H]1NC(=O)NC1=O)c1ccccc1. The van der Waals surface area contributed by atoms with Gasteiger partial charge in [-0.25, -0.2) is 4.79 Å². The summed E-state index contributed by atoms with van der Waals surface area (Å²) in [6.07, 6.45) is 1.50. The minimum atomic E-state index is -1.04. The topological polar surface area (TPSA) is 113 Å². The molecular weight excluding hydrogens is 446 g/mol. The lowest BCUT2D eigenvalue weighted by molar-refractivity contribution is -0.126. The molecule has 2 atom stereocenters. The van der Waals surface area contributed by atoms with E-state index in [9.17, 15) is 19.2 Å². The largest absolute Gasteiger partial charge is 0.352 e. The summed E-state index contributed by atoms with van der Waals surface area (Å²) in [5.74, 6) is -1.46. The van der Waals surface area contributed by atoms with Crippen molar-refractivity contribution in [1.82, 2.24) is 15.2 Å². The minimum absolute atomic E-state index is 0.302. The summed E-state index contributed by atoms with van der Waals surface area (Å²) in [4.78, 5) is 52.7. The second kappa shape index (κ2) is 9.84. The van der Waals surface area contributed by atoms with E-state index in [1.165, 1.54) is 4.90 Å². The summed E-state index contributed by atoms with van der Waals surface area (Å²) >= 11 is 0. The number of amides is 5. The zero-order chi connectivity index (χ0) is 25.1. The first-order valence-electron chi connectivity index (χ1n) is 11.2. The Labute approximate surface area is 203 Å². The second-order valence-electron chi connectivity index (χ2n) is 8.52. The lowest BCUT2D eigenvalue weighted by Gasteiger charge is -2.32. The Bertz CT molecular complexity index is 1260. The molecule has 0 spiro atoms. The van der Waals surface area contributed by atoms with Crippen molar-refractivity contribution in [2.24, 2.45) is 7.05 Å². The number of imide groups is 1. The smallest absolute Gasteiger partial charge is 0.322 e. The van der Waals surface area contributed by atoms with Gasteiger partial charge < -0.3 is 15.2 Å². The van der Waals surface area contributed by atoms with Gasteiger partial charge in [0.1, 0.15) is 6.04 Å². The van der Waals surface area contributed by atoms with Gasteiger partial charge in [-0.2, -0.15) is 0 Å². The fourth-order valence-electron chi connectivity index (χ4n) is 4.25. The number of carbonyl (C=O) groups excluding carboxylic acids is 4. The molecule has 2 aromatic carbocycles. The highest BCUT2D eigenvalue weighted by Gasteiger charge is 2.38. The molecule has 9 heteroatoms. The molecule has 2 heterocycles. The van der Waals surface area contributed by atoms with Crippen LogP contribution in [0.1, 0.15) is 29.3 Å². The van der Waals surface area contributed by atoms with Gasteiger partial charge in [-0.3, -0.25) is 24.6 Å². The average Bonchev–Trinajstić information content (AvgIpc) is 3.38. The molecule has 0 bridgehead atoms. The van der Waals surface area contributed by atoms with Crippen molar-refractivity contribution in [3.8, 4) is 0 Å². The Morgan fingerprint density at radius 2 is 1.69 bits per heavy atom. The summed E-state index contributed by atoms with van der Waals surface area (Å²) in [6.45, 7) is 3.81. The number of rotatable bonds is 7. The molecule has 0 saturated carbocycles. The number of urea groups is 1. The Kier molecular flexibility index (Phi) is 6.68. The highest BCUT2D eigenvalue weighted by Crippen LogP contribution is 2.31. The first kappa shape index (κ1) is 23.7. The molecule has 3 aromatic rings. The highest BCUT2D eigenvalue weighted by molar-refractivity contribution is 6.09. The number of para-hydroxylation sites is 2. The van der Waals surface area contributed by atoms with Gasteiger partial charge in [-0.1, -0.05) is 36.4 Å². The van der Waals surface area contributed by atoms with Crippen molar-refractivity contribution in [2.75, 3.05) is 10.2 Å². The van der Waals surface area contributed by atoms with E-state index >= 15 is 0 Å². The summed E-state index contributed by atoms with van der Waals surface area (Å²) < 4.78 is 1.78. The standard InChI is InChI=1S/C26H27N5O4/c1-16-9-7-10-17(2)22(16)28-25(34)23(20-13-8-14-30(20)3)31(18-11-5-4-6-12-18)21(32)15-19-24(33)29-26(35)27-19/h4-14,19,23H,15H2,1-3H3,(H,28,34)(H2,27,29,33,35)/t19-,23+/m1/s1. The zero-order valence-corrected chi connectivity index (χ0v) is 19.7. The van der Waals surface area contributed by atoms with Crippen molar-refractivity contribution in [3.05, 3.63) is 83.7 Å². The lowest BCUT2D eigenvalue weighted by Crippen LogP contribution is -2.45. The third-order valence-electron chi connectivity index (χ3n) is 6.04. The van der Waals surface area contributed by atoms with Crippen molar-refractivity contribution >= 4 is 35.1 Å². The molecular formula is C26H27N5O4. The van der Waals surface area contributed by atoms with Crippen LogP contribution in [0.2, 0.25) is 0 Å². The average molecular weight is 474 g/mol. The number of hydrogen-bond acceptors (Lipinski definition) is 4. The van der Waals surface area contributed by atoms with Crippen LogP contribution in [-0.4, -0.2) is 34.4 Å². The Balaban J connectivity index is 1.77. The van der Waals surface area contributed by atoms with Gasteiger partial charge in [-0.05, 0) is 49.2 Å². The van der Waals surface area contributed by atoms with E-state index < -0.39 is 35.8 Å². The molecule has 3 N–H and O–H groups in total. The van der Waals surface area contributed by atoms with Crippen LogP contribution in [0.4, 0.5) is 16.2 Å². The maximum atomic E-state index is 13.9. The van der Waals surface area contributed by atoms with E-state index in [1.54, 1.807) is 54.2 Å². The number of nitrogens with one attached hydrogen (secondary N) is 3. The number of anilines is 2. The highest BCUT2D eigenvalue weighted by atomic mass is 16.2. The molecule has 4 rings (SSSR count). The van der Waals surface area contributed by atoms with Gasteiger partial charge in [-0.15, -0.1) is 0 Å². The quantitative estimate of drug-likeness (QED) is 0.458. The number of aromatic nitrogens is 1. The normalized spacial score (nSPS) is 15.8. The summed E-state index contributed by atoms with van der Waals surface area (Å²) in [5, 5.41) is 7.61. The predicted octanol–water partition coefficient (Wildman–Crippen LogP) is 2.95. The Morgan fingerprint density at radius 1 is 1.00 bits per heavy atom. The van der Waals surface area contributed by atoms with Crippen LogP contribution in [0.5, 0.6) is 0 Å². The maximum absolute atomic E-state index is 13.9. The van der Waals surface area contributed by atoms with E-state index in [2.05, 4.69) is 16.0 Å². The molecule has 1 aliphatic rings. The summed E-state index contributed by atoms with van der Waals surface area (Å²) in [6, 6.07) is 15.4. The molecule has 5 amide bonds. The van der Waals surface area contributed by atoms with Gasteiger partial charge >= 0.3 is 6.03 Å². The number of aryl methyl sites for hydroxylation is 3. The van der Waals surface area contributed by atoms with Crippen LogP contribution in [0, 0.1) is 13.8 Å². The second-order valence-corrected chi connectivity index (χ2v) is 8.52. The number of carbonyl (C=O) groups is 4. The fourth-order valence-corrected chi connectivity index (χ4v) is 4.25. The third-order valence-corrected chi connectivity index (χ3v) is 6.04. The van der Waals surface area contributed by atoms with Gasteiger partial charge in [0.25, 0.3) is 11.8 Å². The molecule has 1 fully saturated rings. The molecule has 0 unspecified atom stereocenters. The van der Waals surface area contributed by atoms with Gasteiger partial charge in [0.05, 0.1) is 12.1 Å². The molecule has 0 aliphatic carbocycles. The lowest BCUT2D eigenvalue weighted by atomic mass is 10.0. The van der Waals surface area contributed by atoms with Crippen LogP contribution < -0.4 is 20.9 Å². The predicted molar refractivity (Wildman–Crippen MR) is 132 cm³/mol. The van der Waals surface area contributed by atoms with Crippen molar-refractivity contribution < 1.29 is 19.2 Å². The van der Waals surface area contributed by atoms with E-state index in [1.807, 2.05) is 38.1 Å². The van der Waals surface area contributed by atoms with Crippen molar-refractivity contribution in [2.45, 2.75) is 32.4 Å². The first-order valence-corrected chi connectivity index (χ1v) is 11.2. The van der Waals surface area contributed by atoms with E-state index in [-0.39, 0.29) is 6.42 Å². The van der Waals surface area contributed by atoms with E-state index in [0.29, 0.717) is 17.1 Å². The molecule has 1 saturated heterocycles. The summed E-state index contributed by atoms with van der Waals surface area (Å²) in [7, 11) is 1.80. The molecule has 35 heavy (non-hydrogen) atoms. The van der Waals surface area contributed by atoms with E-state index in [0.717, 1.165) is 11.1 Å². The van der Waals surface area contributed by atoms with Crippen LogP contribution in [0.25, 0.3) is 0 Å². The van der Waals surface area contributed by atoms with Crippen molar-refractivity contribution in [1.29, 1.82) is 0 Å². The van der Waals surface area contributed by atoms with Crippen LogP contribution in [0.3, 0.4) is 0 Å². The molecule has 1 aromatic heterocycles. The van der Waals surface area contributed by atoms with Crippen LogP contribution in [-0.2, 0) is 21.4 Å². The Hall–Kier alpha value is -4.40. The van der Waals surface area contributed by atoms with Crippen LogP contribution >= 0.6 is 0 Å². The van der Waals surface area contributed by atoms with Crippen molar-refractivity contribution in [3.63, 3.8) is 0 Å². The van der Waals surface area contributed by atoms with Gasteiger partial charge in [0.2, 0.25) is 5.91 Å². The number of benzene rings is 2. The van der Waals surface area contributed by atoms with Crippen LogP contribution in [0.15, 0.2) is 66.9 Å². The Morgan fingerprint density at radius 3 is 2.26 bits per heavy atom. The number of nitrogens with zero attached hydrogens (tertiary/aromatic N) is 2. The number of hydrogen-bond donors (Lipinski definition) is 3. The first-order chi connectivity index (χ1) is 16.8. The van der Waals surface area contributed by atoms with Gasteiger partial charge in [0, 0.05) is 24.6 Å². The van der Waals surface area contributed by atoms with Gasteiger partial charge in [0.15, 0.2) is 6.04 Å². The zero-order valence-electron chi connectivity index (χ0n) is 19.7.